The Labute approximate surface area is 90.6 Å². The molecule has 0 heterocycles. The SMILES string of the molecule is [CH2]CCc1ccc(OC(=O)C(=C)C)cc1. The molecule has 1 aromatic rings. The smallest absolute Gasteiger partial charge is 0.338 e. The normalized spacial score (nSPS) is 9.73. The van der Waals surface area contributed by atoms with Gasteiger partial charge in [-0.3, -0.25) is 0 Å². The third-order valence-electron chi connectivity index (χ3n) is 1.95. The van der Waals surface area contributed by atoms with Gasteiger partial charge in [0, 0.05) is 5.57 Å². The molecule has 0 atom stereocenters. The third-order valence-corrected chi connectivity index (χ3v) is 1.95. The Morgan fingerprint density at radius 1 is 1.33 bits per heavy atom. The quantitative estimate of drug-likeness (QED) is 0.427. The number of rotatable bonds is 4. The summed E-state index contributed by atoms with van der Waals surface area (Å²) in [5, 5.41) is 0. The molecule has 0 aliphatic heterocycles. The second-order valence-electron chi connectivity index (χ2n) is 3.42. The third kappa shape index (κ3) is 3.58. The minimum atomic E-state index is -0.389. The van der Waals surface area contributed by atoms with Gasteiger partial charge in [0.1, 0.15) is 5.75 Å². The lowest BCUT2D eigenvalue weighted by Crippen LogP contribution is -2.07. The van der Waals surface area contributed by atoms with Crippen molar-refractivity contribution in [1.29, 1.82) is 0 Å². The Kier molecular flexibility index (Phi) is 4.10. The van der Waals surface area contributed by atoms with Gasteiger partial charge in [0.2, 0.25) is 0 Å². The Balaban J connectivity index is 2.64. The van der Waals surface area contributed by atoms with Crippen LogP contribution in [-0.4, -0.2) is 5.97 Å². The van der Waals surface area contributed by atoms with E-state index in [9.17, 15) is 4.79 Å². The number of hydrogen-bond donors (Lipinski definition) is 0. The van der Waals surface area contributed by atoms with E-state index in [0.717, 1.165) is 12.8 Å². The summed E-state index contributed by atoms with van der Waals surface area (Å²) in [7, 11) is 0. The fourth-order valence-electron chi connectivity index (χ4n) is 1.12. The second-order valence-corrected chi connectivity index (χ2v) is 3.42. The van der Waals surface area contributed by atoms with Crippen LogP contribution < -0.4 is 4.74 Å². The molecular weight excluding hydrogens is 188 g/mol. The summed E-state index contributed by atoms with van der Waals surface area (Å²) in [6.07, 6.45) is 1.81. The molecule has 0 saturated carbocycles. The van der Waals surface area contributed by atoms with E-state index in [4.69, 9.17) is 4.74 Å². The van der Waals surface area contributed by atoms with Crippen LogP contribution in [0.5, 0.6) is 5.75 Å². The van der Waals surface area contributed by atoms with Crippen molar-refractivity contribution in [1.82, 2.24) is 0 Å². The molecule has 0 bridgehead atoms. The molecule has 79 valence electrons. The molecular formula is C13H15O2. The van der Waals surface area contributed by atoms with E-state index in [0.29, 0.717) is 11.3 Å². The van der Waals surface area contributed by atoms with Gasteiger partial charge in [-0.25, -0.2) is 4.79 Å². The average Bonchev–Trinajstić information content (AvgIpc) is 2.21. The minimum absolute atomic E-state index is 0.389. The second kappa shape index (κ2) is 5.35. The largest absolute Gasteiger partial charge is 0.423 e. The molecule has 0 spiro atoms. The number of ether oxygens (including phenoxy) is 1. The van der Waals surface area contributed by atoms with Crippen LogP contribution in [0.1, 0.15) is 18.9 Å². The first-order valence-electron chi connectivity index (χ1n) is 4.89. The van der Waals surface area contributed by atoms with Crippen LogP contribution in [0.4, 0.5) is 0 Å². The Bertz CT molecular complexity index is 349. The monoisotopic (exact) mass is 203 g/mol. The van der Waals surface area contributed by atoms with Crippen molar-refractivity contribution in [2.75, 3.05) is 0 Å². The highest BCUT2D eigenvalue weighted by Gasteiger charge is 2.04. The standard InChI is InChI=1S/C13H15O2/c1-4-5-11-6-8-12(9-7-11)15-13(14)10(2)3/h6-9H,1-2,4-5H2,3H3. The van der Waals surface area contributed by atoms with E-state index in [-0.39, 0.29) is 5.97 Å². The van der Waals surface area contributed by atoms with Gasteiger partial charge in [0.15, 0.2) is 0 Å². The van der Waals surface area contributed by atoms with E-state index in [1.165, 1.54) is 5.56 Å². The molecule has 0 amide bonds. The summed E-state index contributed by atoms with van der Waals surface area (Å²) < 4.78 is 5.05. The van der Waals surface area contributed by atoms with Crippen molar-refractivity contribution < 1.29 is 9.53 Å². The fraction of sp³-hybridized carbons (Fsp3) is 0.231. The van der Waals surface area contributed by atoms with Crippen molar-refractivity contribution in [2.24, 2.45) is 0 Å². The molecule has 15 heavy (non-hydrogen) atoms. The maximum atomic E-state index is 11.2. The Morgan fingerprint density at radius 2 is 1.93 bits per heavy atom. The first-order valence-corrected chi connectivity index (χ1v) is 4.89. The van der Waals surface area contributed by atoms with E-state index < -0.39 is 0 Å². The van der Waals surface area contributed by atoms with Gasteiger partial charge in [-0.1, -0.05) is 25.6 Å². The van der Waals surface area contributed by atoms with Gasteiger partial charge in [0.25, 0.3) is 0 Å². The first-order chi connectivity index (χ1) is 7.13. The summed E-state index contributed by atoms with van der Waals surface area (Å²) in [6, 6.07) is 7.44. The number of carbonyl (C=O) groups is 1. The summed E-state index contributed by atoms with van der Waals surface area (Å²) in [5.74, 6) is 0.163. The molecule has 0 N–H and O–H groups in total. The topological polar surface area (TPSA) is 26.3 Å². The van der Waals surface area contributed by atoms with E-state index in [2.05, 4.69) is 13.5 Å². The number of esters is 1. The molecule has 1 aromatic carbocycles. The lowest BCUT2D eigenvalue weighted by atomic mass is 10.1. The highest BCUT2D eigenvalue weighted by molar-refractivity contribution is 5.88. The van der Waals surface area contributed by atoms with Crippen molar-refractivity contribution in [3.63, 3.8) is 0 Å². The Morgan fingerprint density at radius 3 is 2.40 bits per heavy atom. The van der Waals surface area contributed by atoms with Gasteiger partial charge in [-0.05, 0) is 37.5 Å². The van der Waals surface area contributed by atoms with Crippen LogP contribution >= 0.6 is 0 Å². The summed E-state index contributed by atoms with van der Waals surface area (Å²) in [6.45, 7) is 8.92. The van der Waals surface area contributed by atoms with Crippen molar-refractivity contribution >= 4 is 5.97 Å². The lowest BCUT2D eigenvalue weighted by molar-refractivity contribution is -0.130. The molecule has 0 fully saturated rings. The van der Waals surface area contributed by atoms with Gasteiger partial charge >= 0.3 is 5.97 Å². The molecule has 0 aromatic heterocycles. The molecule has 2 nitrogen and oxygen atoms in total. The molecule has 0 aliphatic rings. The molecule has 0 unspecified atom stereocenters. The molecule has 0 aliphatic carbocycles. The summed E-state index contributed by atoms with van der Waals surface area (Å²) in [4.78, 5) is 11.2. The van der Waals surface area contributed by atoms with Gasteiger partial charge < -0.3 is 4.74 Å². The van der Waals surface area contributed by atoms with Crippen molar-refractivity contribution in [3.8, 4) is 5.75 Å². The van der Waals surface area contributed by atoms with Gasteiger partial charge in [0.05, 0.1) is 0 Å². The minimum Gasteiger partial charge on any atom is -0.423 e. The summed E-state index contributed by atoms with van der Waals surface area (Å²) >= 11 is 0. The van der Waals surface area contributed by atoms with Gasteiger partial charge in [-0.2, -0.15) is 0 Å². The summed E-state index contributed by atoms with van der Waals surface area (Å²) in [5.41, 5.74) is 1.59. The van der Waals surface area contributed by atoms with Crippen LogP contribution in [0.3, 0.4) is 0 Å². The highest BCUT2D eigenvalue weighted by atomic mass is 16.5. The lowest BCUT2D eigenvalue weighted by Gasteiger charge is -2.04. The number of carbonyl (C=O) groups excluding carboxylic acids is 1. The van der Waals surface area contributed by atoms with Gasteiger partial charge in [-0.15, -0.1) is 0 Å². The predicted molar refractivity (Wildman–Crippen MR) is 60.6 cm³/mol. The molecule has 1 radical (unpaired) electrons. The Hall–Kier alpha value is -1.57. The van der Waals surface area contributed by atoms with Crippen molar-refractivity contribution in [3.05, 3.63) is 48.9 Å². The zero-order valence-corrected chi connectivity index (χ0v) is 8.95. The molecule has 1 rings (SSSR count). The predicted octanol–water partition coefficient (Wildman–Crippen LogP) is 2.93. The first kappa shape index (κ1) is 11.5. The highest BCUT2D eigenvalue weighted by Crippen LogP contribution is 2.14. The van der Waals surface area contributed by atoms with Crippen LogP contribution in [0.2, 0.25) is 0 Å². The number of hydrogen-bond acceptors (Lipinski definition) is 2. The van der Waals surface area contributed by atoms with Crippen LogP contribution in [0.25, 0.3) is 0 Å². The zero-order chi connectivity index (χ0) is 11.3. The number of benzene rings is 1. The maximum absolute atomic E-state index is 11.2. The zero-order valence-electron chi connectivity index (χ0n) is 8.95. The fourth-order valence-corrected chi connectivity index (χ4v) is 1.12. The van der Waals surface area contributed by atoms with E-state index in [1.807, 2.05) is 12.1 Å². The van der Waals surface area contributed by atoms with Crippen molar-refractivity contribution in [2.45, 2.75) is 19.8 Å². The average molecular weight is 203 g/mol. The van der Waals surface area contributed by atoms with E-state index >= 15 is 0 Å². The molecule has 2 heteroatoms. The van der Waals surface area contributed by atoms with Crippen LogP contribution in [0.15, 0.2) is 36.4 Å². The maximum Gasteiger partial charge on any atom is 0.338 e. The van der Waals surface area contributed by atoms with Crippen LogP contribution in [-0.2, 0) is 11.2 Å². The number of aryl methyl sites for hydroxylation is 1. The molecule has 0 saturated heterocycles. The van der Waals surface area contributed by atoms with Crippen LogP contribution in [0, 0.1) is 6.92 Å². The van der Waals surface area contributed by atoms with E-state index in [1.54, 1.807) is 19.1 Å².